The first-order valence-corrected chi connectivity index (χ1v) is 11.0. The Labute approximate surface area is 164 Å². The smallest absolute Gasteiger partial charge is 0.309 e. The van der Waals surface area contributed by atoms with E-state index >= 15 is 0 Å². The third-order valence-corrected chi connectivity index (χ3v) is 7.31. The van der Waals surface area contributed by atoms with Crippen LogP contribution in [0.15, 0.2) is 23.1 Å². The van der Waals surface area contributed by atoms with Gasteiger partial charge in [0.1, 0.15) is 4.90 Å². The van der Waals surface area contributed by atoms with E-state index in [1.165, 1.54) is 22.5 Å². The number of nitrogens with zero attached hydrogens (tertiary/aromatic N) is 1. The molecule has 1 saturated heterocycles. The van der Waals surface area contributed by atoms with Gasteiger partial charge in [-0.2, -0.15) is 4.31 Å². The molecular weight excluding hydrogens is 392 g/mol. The van der Waals surface area contributed by atoms with Gasteiger partial charge in [0, 0.05) is 18.8 Å². The molecule has 2 aliphatic rings. The molecule has 0 spiro atoms. The number of carbonyl (C=O) groups is 2. The van der Waals surface area contributed by atoms with Gasteiger partial charge in [0.25, 0.3) is 5.91 Å². The van der Waals surface area contributed by atoms with Gasteiger partial charge in [-0.3, -0.25) is 9.59 Å². The fraction of sp³-hybridized carbons (Fsp3) is 0.556. The summed E-state index contributed by atoms with van der Waals surface area (Å²) in [6.07, 6.45) is 5.25. The molecule has 1 amide bonds. The van der Waals surface area contributed by atoms with Crippen LogP contribution in [-0.2, 0) is 24.3 Å². The summed E-state index contributed by atoms with van der Waals surface area (Å²) >= 11 is 6.11. The third-order valence-electron chi connectivity index (χ3n) is 4.93. The molecule has 0 radical (unpaired) electrons. The summed E-state index contributed by atoms with van der Waals surface area (Å²) < 4.78 is 32.1. The third kappa shape index (κ3) is 4.80. The molecule has 0 bridgehead atoms. The number of nitrogens with one attached hydrogen (secondary N) is 1. The molecule has 1 N–H and O–H groups in total. The van der Waals surface area contributed by atoms with Gasteiger partial charge in [0.2, 0.25) is 10.0 Å². The summed E-state index contributed by atoms with van der Waals surface area (Å²) in [4.78, 5) is 23.7. The van der Waals surface area contributed by atoms with E-state index in [9.17, 15) is 18.0 Å². The maximum Gasteiger partial charge on any atom is 0.309 e. The predicted molar refractivity (Wildman–Crippen MR) is 101 cm³/mol. The number of hydrogen-bond acceptors (Lipinski definition) is 5. The monoisotopic (exact) mass is 414 g/mol. The molecule has 0 aromatic heterocycles. The number of halogens is 1. The summed E-state index contributed by atoms with van der Waals surface area (Å²) in [6.45, 7) is 0.533. The van der Waals surface area contributed by atoms with Crippen molar-refractivity contribution >= 4 is 39.2 Å². The van der Waals surface area contributed by atoms with Crippen LogP contribution in [0.4, 0.5) is 5.69 Å². The summed E-state index contributed by atoms with van der Waals surface area (Å²) in [6, 6.07) is 4.30. The SMILES string of the molecule is O=C(COC(=O)C1CCC1)Nc1ccc(Cl)c(S(=O)(=O)N2CCCCC2)c1. The molecule has 2 fully saturated rings. The largest absolute Gasteiger partial charge is 0.455 e. The number of hydrogen-bond donors (Lipinski definition) is 1. The molecule has 0 atom stereocenters. The first-order valence-electron chi connectivity index (χ1n) is 9.14. The Bertz CT molecular complexity index is 817. The number of anilines is 1. The van der Waals surface area contributed by atoms with Crippen molar-refractivity contribution in [2.24, 2.45) is 5.92 Å². The summed E-state index contributed by atoms with van der Waals surface area (Å²) in [5.41, 5.74) is 0.291. The van der Waals surface area contributed by atoms with E-state index in [-0.39, 0.29) is 21.8 Å². The molecule has 1 aromatic rings. The number of rotatable bonds is 6. The average Bonchev–Trinajstić information content (AvgIpc) is 2.61. The van der Waals surface area contributed by atoms with Crippen LogP contribution >= 0.6 is 11.6 Å². The van der Waals surface area contributed by atoms with Crippen LogP contribution in [0.5, 0.6) is 0 Å². The van der Waals surface area contributed by atoms with Crippen LogP contribution in [0.25, 0.3) is 0 Å². The van der Waals surface area contributed by atoms with Gasteiger partial charge in [-0.05, 0) is 43.9 Å². The lowest BCUT2D eigenvalue weighted by Crippen LogP contribution is -2.35. The Morgan fingerprint density at radius 1 is 1.15 bits per heavy atom. The van der Waals surface area contributed by atoms with Crippen molar-refractivity contribution in [3.8, 4) is 0 Å². The Balaban J connectivity index is 1.65. The molecule has 1 aliphatic heterocycles. The fourth-order valence-corrected chi connectivity index (χ4v) is 5.14. The lowest BCUT2D eigenvalue weighted by molar-refractivity contribution is -0.154. The minimum absolute atomic E-state index is 0.0321. The standard InChI is InChI=1S/C18H23ClN2O5S/c19-15-8-7-14(20-17(22)12-26-18(23)13-5-4-6-13)11-16(15)27(24,25)21-9-2-1-3-10-21/h7-8,11,13H,1-6,9-10,12H2,(H,20,22). The zero-order chi connectivity index (χ0) is 19.4. The van der Waals surface area contributed by atoms with Crippen LogP contribution in [0.2, 0.25) is 5.02 Å². The minimum Gasteiger partial charge on any atom is -0.455 e. The maximum atomic E-state index is 12.8. The van der Waals surface area contributed by atoms with E-state index in [4.69, 9.17) is 16.3 Å². The number of benzene rings is 1. The van der Waals surface area contributed by atoms with Crippen molar-refractivity contribution in [3.05, 3.63) is 23.2 Å². The van der Waals surface area contributed by atoms with Gasteiger partial charge in [-0.15, -0.1) is 0 Å². The van der Waals surface area contributed by atoms with Crippen LogP contribution in [0, 0.1) is 5.92 Å². The van der Waals surface area contributed by atoms with Crippen LogP contribution in [0.3, 0.4) is 0 Å². The van der Waals surface area contributed by atoms with Crippen LogP contribution in [-0.4, -0.2) is 44.3 Å². The molecule has 3 rings (SSSR count). The topological polar surface area (TPSA) is 92.8 Å². The lowest BCUT2D eigenvalue weighted by atomic mass is 9.86. The second kappa shape index (κ2) is 8.58. The second-order valence-electron chi connectivity index (χ2n) is 6.89. The Morgan fingerprint density at radius 3 is 2.48 bits per heavy atom. The Morgan fingerprint density at radius 2 is 1.85 bits per heavy atom. The Hall–Kier alpha value is -1.64. The molecular formula is C18H23ClN2O5S. The van der Waals surface area contributed by atoms with Gasteiger partial charge >= 0.3 is 5.97 Å². The summed E-state index contributed by atoms with van der Waals surface area (Å²) in [7, 11) is -3.72. The normalized spacial score (nSPS) is 18.6. The molecule has 1 heterocycles. The molecule has 1 aromatic carbocycles. The number of sulfonamides is 1. The first-order chi connectivity index (χ1) is 12.9. The van der Waals surface area contributed by atoms with Crippen LogP contribution < -0.4 is 5.32 Å². The zero-order valence-corrected chi connectivity index (χ0v) is 16.5. The van der Waals surface area contributed by atoms with Crippen molar-refractivity contribution in [1.29, 1.82) is 0 Å². The van der Waals surface area contributed by atoms with E-state index < -0.39 is 22.5 Å². The van der Waals surface area contributed by atoms with E-state index in [0.29, 0.717) is 18.8 Å². The second-order valence-corrected chi connectivity index (χ2v) is 9.21. The molecule has 1 aliphatic carbocycles. The Kier molecular flexibility index (Phi) is 6.39. The van der Waals surface area contributed by atoms with E-state index in [1.807, 2.05) is 0 Å². The van der Waals surface area contributed by atoms with E-state index in [1.54, 1.807) is 0 Å². The maximum absolute atomic E-state index is 12.8. The zero-order valence-electron chi connectivity index (χ0n) is 14.9. The number of esters is 1. The van der Waals surface area contributed by atoms with Gasteiger partial charge < -0.3 is 10.1 Å². The number of amides is 1. The van der Waals surface area contributed by atoms with Gasteiger partial charge in [-0.25, -0.2) is 8.42 Å². The summed E-state index contributed by atoms with van der Waals surface area (Å²) in [5, 5.41) is 2.66. The minimum atomic E-state index is -3.72. The first kappa shape index (κ1) is 20.1. The molecule has 148 valence electrons. The van der Waals surface area contributed by atoms with Crippen molar-refractivity contribution in [2.75, 3.05) is 25.0 Å². The van der Waals surface area contributed by atoms with Crippen molar-refractivity contribution < 1.29 is 22.7 Å². The van der Waals surface area contributed by atoms with E-state index in [2.05, 4.69) is 5.32 Å². The van der Waals surface area contributed by atoms with E-state index in [0.717, 1.165) is 38.5 Å². The van der Waals surface area contributed by atoms with Crippen LogP contribution in [0.1, 0.15) is 38.5 Å². The predicted octanol–water partition coefficient (Wildman–Crippen LogP) is 2.80. The highest BCUT2D eigenvalue weighted by Crippen LogP contribution is 2.30. The fourth-order valence-electron chi connectivity index (χ4n) is 3.12. The van der Waals surface area contributed by atoms with Gasteiger partial charge in [0.05, 0.1) is 10.9 Å². The highest BCUT2D eigenvalue weighted by atomic mass is 35.5. The highest BCUT2D eigenvalue weighted by Gasteiger charge is 2.29. The quantitative estimate of drug-likeness (QED) is 0.722. The highest BCUT2D eigenvalue weighted by molar-refractivity contribution is 7.89. The van der Waals surface area contributed by atoms with Crippen molar-refractivity contribution in [3.63, 3.8) is 0 Å². The van der Waals surface area contributed by atoms with Gasteiger partial charge in [0.15, 0.2) is 6.61 Å². The summed E-state index contributed by atoms with van der Waals surface area (Å²) in [5.74, 6) is -0.984. The average molecular weight is 415 g/mol. The molecule has 27 heavy (non-hydrogen) atoms. The number of ether oxygens (including phenoxy) is 1. The molecule has 1 saturated carbocycles. The lowest BCUT2D eigenvalue weighted by Gasteiger charge is -2.26. The molecule has 0 unspecified atom stereocenters. The molecule has 7 nitrogen and oxygen atoms in total. The molecule has 9 heteroatoms. The van der Waals surface area contributed by atoms with Gasteiger partial charge in [-0.1, -0.05) is 24.4 Å². The van der Waals surface area contributed by atoms with Crippen molar-refractivity contribution in [1.82, 2.24) is 4.31 Å². The number of carbonyl (C=O) groups excluding carboxylic acids is 2. The van der Waals surface area contributed by atoms with Crippen molar-refractivity contribution in [2.45, 2.75) is 43.4 Å². The number of piperidine rings is 1.